The molecular formula is C15H23NO. The molecule has 0 saturated heterocycles. The van der Waals surface area contributed by atoms with E-state index < -0.39 is 0 Å². The SMILES string of the molecule is CCOC(=N)Cc1ccc(C(C)(C)C)cc1C. The van der Waals surface area contributed by atoms with E-state index in [1.165, 1.54) is 16.7 Å². The summed E-state index contributed by atoms with van der Waals surface area (Å²) in [6, 6.07) is 6.49. The molecule has 0 heterocycles. The predicted molar refractivity (Wildman–Crippen MR) is 72.9 cm³/mol. The molecule has 0 aromatic heterocycles. The van der Waals surface area contributed by atoms with Crippen LogP contribution in [0.25, 0.3) is 0 Å². The van der Waals surface area contributed by atoms with Crippen molar-refractivity contribution in [2.75, 3.05) is 6.61 Å². The van der Waals surface area contributed by atoms with E-state index in [9.17, 15) is 0 Å². The van der Waals surface area contributed by atoms with Gasteiger partial charge >= 0.3 is 0 Å². The van der Waals surface area contributed by atoms with Gasteiger partial charge in [-0.2, -0.15) is 0 Å². The van der Waals surface area contributed by atoms with Crippen molar-refractivity contribution >= 4 is 5.90 Å². The topological polar surface area (TPSA) is 33.1 Å². The van der Waals surface area contributed by atoms with Crippen LogP contribution in [0.2, 0.25) is 0 Å². The molecule has 0 unspecified atom stereocenters. The largest absolute Gasteiger partial charge is 0.481 e. The third-order valence-electron chi connectivity index (χ3n) is 2.88. The molecule has 0 bridgehead atoms. The molecule has 0 aliphatic heterocycles. The maximum Gasteiger partial charge on any atom is 0.184 e. The Balaban J connectivity index is 2.87. The summed E-state index contributed by atoms with van der Waals surface area (Å²) in [6.07, 6.45) is 0.587. The van der Waals surface area contributed by atoms with Gasteiger partial charge in [0.1, 0.15) is 0 Å². The van der Waals surface area contributed by atoms with Gasteiger partial charge < -0.3 is 4.74 Å². The number of rotatable bonds is 3. The second-order valence-corrected chi connectivity index (χ2v) is 5.42. The summed E-state index contributed by atoms with van der Waals surface area (Å²) in [4.78, 5) is 0. The fourth-order valence-corrected chi connectivity index (χ4v) is 1.76. The summed E-state index contributed by atoms with van der Waals surface area (Å²) in [6.45, 7) is 11.2. The van der Waals surface area contributed by atoms with Crippen molar-refractivity contribution in [3.63, 3.8) is 0 Å². The lowest BCUT2D eigenvalue weighted by molar-refractivity contribution is 0.317. The van der Waals surface area contributed by atoms with Crippen molar-refractivity contribution in [2.24, 2.45) is 0 Å². The lowest BCUT2D eigenvalue weighted by atomic mass is 9.85. The molecule has 0 spiro atoms. The molecule has 0 amide bonds. The van der Waals surface area contributed by atoms with E-state index in [-0.39, 0.29) is 5.41 Å². The van der Waals surface area contributed by atoms with Crippen LogP contribution in [-0.4, -0.2) is 12.5 Å². The van der Waals surface area contributed by atoms with E-state index in [1.807, 2.05) is 6.92 Å². The average molecular weight is 233 g/mol. The molecule has 0 aliphatic rings. The summed E-state index contributed by atoms with van der Waals surface area (Å²) in [5.41, 5.74) is 3.93. The average Bonchev–Trinajstić information content (AvgIpc) is 2.20. The second kappa shape index (κ2) is 5.35. The normalized spacial score (nSPS) is 11.4. The summed E-state index contributed by atoms with van der Waals surface area (Å²) in [7, 11) is 0. The Morgan fingerprint density at radius 3 is 2.41 bits per heavy atom. The van der Waals surface area contributed by atoms with Crippen molar-refractivity contribution < 1.29 is 4.74 Å². The summed E-state index contributed by atoms with van der Waals surface area (Å²) in [5.74, 6) is 0.346. The van der Waals surface area contributed by atoms with Crippen LogP contribution in [-0.2, 0) is 16.6 Å². The molecule has 1 aromatic carbocycles. The van der Waals surface area contributed by atoms with E-state index in [2.05, 4.69) is 45.9 Å². The fraction of sp³-hybridized carbons (Fsp3) is 0.533. The molecule has 0 aliphatic carbocycles. The Morgan fingerprint density at radius 2 is 1.94 bits per heavy atom. The molecule has 0 radical (unpaired) electrons. The van der Waals surface area contributed by atoms with Crippen LogP contribution in [0.5, 0.6) is 0 Å². The molecule has 1 N–H and O–H groups in total. The highest BCUT2D eigenvalue weighted by Crippen LogP contribution is 2.24. The minimum atomic E-state index is 0.177. The van der Waals surface area contributed by atoms with Crippen LogP contribution >= 0.6 is 0 Å². The van der Waals surface area contributed by atoms with Gasteiger partial charge in [-0.3, -0.25) is 5.41 Å². The van der Waals surface area contributed by atoms with Crippen molar-refractivity contribution in [1.82, 2.24) is 0 Å². The van der Waals surface area contributed by atoms with Crippen LogP contribution in [0.15, 0.2) is 18.2 Å². The number of nitrogens with one attached hydrogen (secondary N) is 1. The molecule has 1 rings (SSSR count). The van der Waals surface area contributed by atoms with E-state index in [0.717, 1.165) is 0 Å². The highest BCUT2D eigenvalue weighted by molar-refractivity contribution is 5.75. The molecule has 2 nitrogen and oxygen atoms in total. The van der Waals surface area contributed by atoms with Gasteiger partial charge in [-0.05, 0) is 36.0 Å². The maximum atomic E-state index is 7.68. The van der Waals surface area contributed by atoms with E-state index in [4.69, 9.17) is 10.1 Å². The van der Waals surface area contributed by atoms with E-state index in [0.29, 0.717) is 18.9 Å². The molecule has 2 heteroatoms. The van der Waals surface area contributed by atoms with Gasteiger partial charge in [0, 0.05) is 6.42 Å². The van der Waals surface area contributed by atoms with Crippen LogP contribution in [0.3, 0.4) is 0 Å². The number of benzene rings is 1. The lowest BCUT2D eigenvalue weighted by Gasteiger charge is -2.20. The fourth-order valence-electron chi connectivity index (χ4n) is 1.76. The highest BCUT2D eigenvalue weighted by atomic mass is 16.5. The Kier molecular flexibility index (Phi) is 4.33. The zero-order chi connectivity index (χ0) is 13.1. The van der Waals surface area contributed by atoms with E-state index >= 15 is 0 Å². The Labute approximate surface area is 105 Å². The zero-order valence-corrected chi connectivity index (χ0v) is 11.6. The molecule has 17 heavy (non-hydrogen) atoms. The monoisotopic (exact) mass is 233 g/mol. The first-order valence-corrected chi connectivity index (χ1v) is 6.15. The van der Waals surface area contributed by atoms with Gasteiger partial charge in [-0.1, -0.05) is 39.0 Å². The maximum absolute atomic E-state index is 7.68. The van der Waals surface area contributed by atoms with Gasteiger partial charge in [-0.15, -0.1) is 0 Å². The summed E-state index contributed by atoms with van der Waals surface area (Å²) in [5, 5.41) is 7.68. The Bertz CT molecular complexity index is 402. The summed E-state index contributed by atoms with van der Waals surface area (Å²) >= 11 is 0. The molecule has 94 valence electrons. The number of hydrogen-bond acceptors (Lipinski definition) is 2. The van der Waals surface area contributed by atoms with Crippen LogP contribution < -0.4 is 0 Å². The van der Waals surface area contributed by atoms with Crippen LogP contribution in [0.1, 0.15) is 44.4 Å². The van der Waals surface area contributed by atoms with Gasteiger partial charge in [0.15, 0.2) is 5.90 Å². The first-order valence-electron chi connectivity index (χ1n) is 6.15. The minimum absolute atomic E-state index is 0.177. The Hall–Kier alpha value is -1.31. The molecule has 0 saturated carbocycles. The zero-order valence-electron chi connectivity index (χ0n) is 11.6. The van der Waals surface area contributed by atoms with Gasteiger partial charge in [0.05, 0.1) is 6.61 Å². The second-order valence-electron chi connectivity index (χ2n) is 5.42. The lowest BCUT2D eigenvalue weighted by Crippen LogP contribution is -2.13. The molecular weight excluding hydrogens is 210 g/mol. The van der Waals surface area contributed by atoms with Crippen LogP contribution in [0, 0.1) is 12.3 Å². The summed E-state index contributed by atoms with van der Waals surface area (Å²) < 4.78 is 5.18. The van der Waals surface area contributed by atoms with E-state index in [1.54, 1.807) is 0 Å². The first kappa shape index (κ1) is 13.8. The van der Waals surface area contributed by atoms with Gasteiger partial charge in [0.2, 0.25) is 0 Å². The molecule has 0 atom stereocenters. The highest BCUT2D eigenvalue weighted by Gasteiger charge is 2.14. The van der Waals surface area contributed by atoms with Gasteiger partial charge in [0.25, 0.3) is 0 Å². The van der Waals surface area contributed by atoms with Crippen LogP contribution in [0.4, 0.5) is 0 Å². The number of aryl methyl sites for hydroxylation is 1. The third kappa shape index (κ3) is 3.88. The Morgan fingerprint density at radius 1 is 1.29 bits per heavy atom. The minimum Gasteiger partial charge on any atom is -0.481 e. The number of ether oxygens (including phenoxy) is 1. The standard InChI is InChI=1S/C15H23NO/c1-6-17-14(16)10-12-7-8-13(9-11(12)2)15(3,4)5/h7-9,16H,6,10H2,1-5H3. The van der Waals surface area contributed by atoms with Gasteiger partial charge in [-0.25, -0.2) is 0 Å². The quantitative estimate of drug-likeness (QED) is 0.624. The molecule has 0 fully saturated rings. The third-order valence-corrected chi connectivity index (χ3v) is 2.88. The first-order chi connectivity index (χ1) is 7.84. The smallest absolute Gasteiger partial charge is 0.184 e. The van der Waals surface area contributed by atoms with Crippen molar-refractivity contribution in [3.05, 3.63) is 34.9 Å². The van der Waals surface area contributed by atoms with Crippen molar-refractivity contribution in [3.8, 4) is 0 Å². The number of hydrogen-bond donors (Lipinski definition) is 1. The molecule has 1 aromatic rings. The predicted octanol–water partition coefficient (Wildman–Crippen LogP) is 3.85. The van der Waals surface area contributed by atoms with Crippen molar-refractivity contribution in [2.45, 2.75) is 46.5 Å². The van der Waals surface area contributed by atoms with Crippen molar-refractivity contribution in [1.29, 1.82) is 5.41 Å².